The molecule has 0 unspecified atom stereocenters. The molecule has 0 radical (unpaired) electrons. The fraction of sp³-hybridized carbons (Fsp3) is 0.500. The molecular formula is C2H3F3NNaO. The molecule has 0 spiro atoms. The first-order valence-electron chi connectivity index (χ1n) is 1.31. The second-order valence-electron chi connectivity index (χ2n) is 0.862. The van der Waals surface area contributed by atoms with Gasteiger partial charge in [0.05, 0.1) is 0 Å². The minimum absolute atomic E-state index is 0. The predicted octanol–water partition coefficient (Wildman–Crippen LogP) is -2.85. The van der Waals surface area contributed by atoms with E-state index >= 15 is 0 Å². The minimum Gasteiger partial charge on any atom is -1.00 e. The van der Waals surface area contributed by atoms with E-state index in [0.717, 1.165) is 0 Å². The molecule has 0 aromatic rings. The Hall–Kier alpha value is 0.260. The predicted molar refractivity (Wildman–Crippen MR) is 16.4 cm³/mol. The average molecular weight is 137 g/mol. The van der Waals surface area contributed by atoms with Crippen LogP contribution in [0.1, 0.15) is 1.43 Å². The summed E-state index contributed by atoms with van der Waals surface area (Å²) in [5.74, 6) is -2.26. The van der Waals surface area contributed by atoms with Crippen LogP contribution < -0.4 is 35.3 Å². The first-order valence-corrected chi connectivity index (χ1v) is 1.31. The van der Waals surface area contributed by atoms with E-state index in [-0.39, 0.29) is 31.0 Å². The number of hydrogen-bond donors (Lipinski definition) is 1. The molecule has 0 rings (SSSR count). The molecule has 0 heterocycles. The van der Waals surface area contributed by atoms with Gasteiger partial charge in [-0.1, -0.05) is 0 Å². The van der Waals surface area contributed by atoms with Crippen LogP contribution >= 0.6 is 0 Å². The van der Waals surface area contributed by atoms with Gasteiger partial charge in [-0.2, -0.15) is 13.2 Å². The van der Waals surface area contributed by atoms with Crippen LogP contribution in [0.25, 0.3) is 0 Å². The van der Waals surface area contributed by atoms with Crippen molar-refractivity contribution >= 4 is 5.91 Å². The Balaban J connectivity index is -0.000000180. The zero-order chi connectivity index (χ0) is 6.08. The Labute approximate surface area is 67.0 Å². The maximum Gasteiger partial charge on any atom is 1.00 e. The van der Waals surface area contributed by atoms with Crippen LogP contribution in [0.4, 0.5) is 13.2 Å². The summed E-state index contributed by atoms with van der Waals surface area (Å²) in [6.45, 7) is 0. The van der Waals surface area contributed by atoms with Crippen molar-refractivity contribution in [2.75, 3.05) is 0 Å². The minimum atomic E-state index is -4.86. The van der Waals surface area contributed by atoms with E-state index in [1.54, 1.807) is 0 Å². The van der Waals surface area contributed by atoms with Crippen LogP contribution in [-0.2, 0) is 4.79 Å². The third kappa shape index (κ3) is 4.42. The van der Waals surface area contributed by atoms with Crippen LogP contribution in [0, 0.1) is 0 Å². The summed E-state index contributed by atoms with van der Waals surface area (Å²) >= 11 is 0. The summed E-state index contributed by atoms with van der Waals surface area (Å²) in [4.78, 5) is 9.12. The second kappa shape index (κ2) is 3.32. The van der Waals surface area contributed by atoms with Crippen molar-refractivity contribution in [3.8, 4) is 0 Å². The van der Waals surface area contributed by atoms with Gasteiger partial charge in [0.1, 0.15) is 0 Å². The zero-order valence-corrected chi connectivity index (χ0v) is 6.12. The Morgan fingerprint density at radius 2 is 1.62 bits per heavy atom. The quantitative estimate of drug-likeness (QED) is 0.359. The summed E-state index contributed by atoms with van der Waals surface area (Å²) in [7, 11) is 0. The second-order valence-corrected chi connectivity index (χ2v) is 0.862. The molecule has 1 amide bonds. The van der Waals surface area contributed by atoms with E-state index in [9.17, 15) is 13.2 Å². The normalized spacial score (nSPS) is 9.88. The molecule has 0 aliphatic rings. The topological polar surface area (TPSA) is 43.1 Å². The first-order chi connectivity index (χ1) is 2.94. The summed E-state index contributed by atoms with van der Waals surface area (Å²) in [6.07, 6.45) is -4.86. The molecule has 2 N–H and O–H groups in total. The Morgan fingerprint density at radius 3 is 1.62 bits per heavy atom. The van der Waals surface area contributed by atoms with Gasteiger partial charge in [0, 0.05) is 0 Å². The first kappa shape index (κ1) is 11.1. The summed E-state index contributed by atoms with van der Waals surface area (Å²) in [5, 5.41) is 0. The van der Waals surface area contributed by atoms with Crippen molar-refractivity contribution in [1.82, 2.24) is 0 Å². The molecule has 0 aromatic carbocycles. The Morgan fingerprint density at radius 1 is 1.50 bits per heavy atom. The molecule has 8 heavy (non-hydrogen) atoms. The molecule has 0 aliphatic carbocycles. The molecule has 0 fully saturated rings. The molecular weight excluding hydrogens is 134 g/mol. The molecule has 6 heteroatoms. The van der Waals surface area contributed by atoms with Crippen LogP contribution in [-0.4, -0.2) is 12.1 Å². The van der Waals surface area contributed by atoms with Crippen molar-refractivity contribution in [2.24, 2.45) is 5.73 Å². The molecule has 2 nitrogen and oxygen atoms in total. The standard InChI is InChI=1S/C2H2F3NO.Na.H/c3-2(4,5)1(6)7;;/h(H2,6,7);;/q;+1;-1. The Bertz CT molecular complexity index is 94.3. The largest absolute Gasteiger partial charge is 1.00 e. The van der Waals surface area contributed by atoms with Crippen molar-refractivity contribution < 1.29 is 48.9 Å². The molecule has 0 aromatic heterocycles. The summed E-state index contributed by atoms with van der Waals surface area (Å²) in [5.41, 5.74) is 3.81. The fourth-order valence-corrected chi connectivity index (χ4v) is 0. The van der Waals surface area contributed by atoms with Crippen molar-refractivity contribution in [1.29, 1.82) is 0 Å². The number of amides is 1. The Kier molecular flexibility index (Phi) is 4.61. The molecule has 0 saturated carbocycles. The number of nitrogens with two attached hydrogens (primary N) is 1. The van der Waals surface area contributed by atoms with Gasteiger partial charge in [0.15, 0.2) is 0 Å². The molecule has 0 atom stereocenters. The molecule has 44 valence electrons. The van der Waals surface area contributed by atoms with E-state index in [1.165, 1.54) is 0 Å². The van der Waals surface area contributed by atoms with Gasteiger partial charge >= 0.3 is 41.6 Å². The van der Waals surface area contributed by atoms with Gasteiger partial charge in [-0.3, -0.25) is 4.79 Å². The summed E-state index contributed by atoms with van der Waals surface area (Å²) < 4.78 is 32.1. The third-order valence-electron chi connectivity index (χ3n) is 0.279. The number of carbonyl (C=O) groups is 1. The van der Waals surface area contributed by atoms with Crippen molar-refractivity contribution in [3.63, 3.8) is 0 Å². The average Bonchev–Trinajstić information content (AvgIpc) is 1.31. The fourth-order valence-electron chi connectivity index (χ4n) is 0. The van der Waals surface area contributed by atoms with Gasteiger partial charge < -0.3 is 7.16 Å². The van der Waals surface area contributed by atoms with E-state index in [2.05, 4.69) is 5.73 Å². The monoisotopic (exact) mass is 137 g/mol. The van der Waals surface area contributed by atoms with E-state index in [1.807, 2.05) is 0 Å². The zero-order valence-electron chi connectivity index (χ0n) is 5.12. The molecule has 0 aliphatic heterocycles. The van der Waals surface area contributed by atoms with Gasteiger partial charge in [0.25, 0.3) is 0 Å². The van der Waals surface area contributed by atoms with E-state index in [0.29, 0.717) is 0 Å². The van der Waals surface area contributed by atoms with Gasteiger partial charge in [0.2, 0.25) is 0 Å². The smallest absolute Gasteiger partial charge is 1.00 e. The van der Waals surface area contributed by atoms with Crippen LogP contribution in [0.2, 0.25) is 0 Å². The van der Waals surface area contributed by atoms with Crippen LogP contribution in [0.3, 0.4) is 0 Å². The maximum atomic E-state index is 10.7. The van der Waals surface area contributed by atoms with Gasteiger partial charge in [-0.25, -0.2) is 0 Å². The van der Waals surface area contributed by atoms with E-state index < -0.39 is 12.1 Å². The summed E-state index contributed by atoms with van der Waals surface area (Å²) in [6, 6.07) is 0. The van der Waals surface area contributed by atoms with Crippen LogP contribution in [0.5, 0.6) is 0 Å². The number of rotatable bonds is 0. The van der Waals surface area contributed by atoms with Crippen LogP contribution in [0.15, 0.2) is 0 Å². The molecule has 0 saturated heterocycles. The number of halogens is 3. The van der Waals surface area contributed by atoms with Gasteiger partial charge in [-0.15, -0.1) is 0 Å². The number of alkyl halides is 3. The maximum absolute atomic E-state index is 10.7. The van der Waals surface area contributed by atoms with Crippen molar-refractivity contribution in [2.45, 2.75) is 6.18 Å². The number of carbonyl (C=O) groups excluding carboxylic acids is 1. The van der Waals surface area contributed by atoms with Crippen molar-refractivity contribution in [3.05, 3.63) is 0 Å². The van der Waals surface area contributed by atoms with E-state index in [4.69, 9.17) is 4.79 Å². The number of primary amides is 1. The SMILES string of the molecule is NC(=O)C(F)(F)F.[H-].[Na+]. The molecule has 0 bridgehead atoms. The van der Waals surface area contributed by atoms with Gasteiger partial charge in [-0.05, 0) is 0 Å². The third-order valence-corrected chi connectivity index (χ3v) is 0.279. The number of hydrogen-bond acceptors (Lipinski definition) is 1.